The number of hydrogen-bond acceptors (Lipinski definition) is 7. The number of benzene rings is 4. The summed E-state index contributed by atoms with van der Waals surface area (Å²) in [5.74, 6) is -0.559. The molecule has 0 heterocycles. The van der Waals surface area contributed by atoms with Gasteiger partial charge in [-0.05, 0) is 71.8 Å². The number of anilines is 2. The minimum absolute atomic E-state index is 0.0216. The second-order valence-corrected chi connectivity index (χ2v) is 9.23. The molecule has 0 radical (unpaired) electrons. The summed E-state index contributed by atoms with van der Waals surface area (Å²) in [6.45, 7) is 0. The van der Waals surface area contributed by atoms with Crippen molar-refractivity contribution in [2.24, 2.45) is 5.73 Å². The maximum atomic E-state index is 13.3. The number of primary amides is 1. The Kier molecular flexibility index (Phi) is 9.64. The molecule has 218 valence electrons. The van der Waals surface area contributed by atoms with Gasteiger partial charge in [0, 0.05) is 16.8 Å². The molecular weight excluding hydrogens is 553 g/mol. The predicted octanol–water partition coefficient (Wildman–Crippen LogP) is 4.49. The van der Waals surface area contributed by atoms with E-state index in [9.17, 15) is 23.6 Å². The summed E-state index contributed by atoms with van der Waals surface area (Å²) in [6, 6.07) is 27.7. The van der Waals surface area contributed by atoms with Gasteiger partial charge in [0.15, 0.2) is 5.75 Å². The van der Waals surface area contributed by atoms with E-state index in [0.29, 0.717) is 28.1 Å². The third-order valence-corrected chi connectivity index (χ3v) is 6.45. The summed E-state index contributed by atoms with van der Waals surface area (Å²) in [4.78, 5) is 46.9. The first-order valence-corrected chi connectivity index (χ1v) is 13.0. The zero-order valence-corrected chi connectivity index (χ0v) is 23.3. The molecule has 43 heavy (non-hydrogen) atoms. The number of ether oxygens (including phenoxy) is 2. The van der Waals surface area contributed by atoms with Crippen LogP contribution >= 0.6 is 0 Å². The number of nitrogens with one attached hydrogen (secondary N) is 2. The number of halogens is 1. The van der Waals surface area contributed by atoms with Crippen molar-refractivity contribution in [2.75, 3.05) is 19.5 Å². The third-order valence-electron chi connectivity index (χ3n) is 6.45. The first-order chi connectivity index (χ1) is 20.7. The molecule has 0 saturated heterocycles. The molecule has 0 aromatic heterocycles. The van der Waals surface area contributed by atoms with E-state index in [4.69, 9.17) is 15.2 Å². The summed E-state index contributed by atoms with van der Waals surface area (Å²) in [5, 5.41) is 5.91. The molecule has 5 aromatic carbocycles. The molecule has 0 bridgehead atoms. The minimum Gasteiger partial charge on any atom is -0.497 e. The van der Waals surface area contributed by atoms with Gasteiger partial charge in [-0.2, -0.15) is 0 Å². The van der Waals surface area contributed by atoms with E-state index in [-0.39, 0.29) is 23.3 Å². The summed E-state index contributed by atoms with van der Waals surface area (Å²) < 4.78 is 23.5. The Hall–Kier alpha value is -5.77. The Morgan fingerprint density at radius 2 is 1.42 bits per heavy atom. The van der Waals surface area contributed by atoms with Crippen LogP contribution in [0.2, 0.25) is 0 Å². The lowest BCUT2D eigenvalue weighted by Gasteiger charge is -2.21. The van der Waals surface area contributed by atoms with Crippen LogP contribution in [0.4, 0.5) is 15.8 Å². The molecule has 0 saturated carbocycles. The van der Waals surface area contributed by atoms with Gasteiger partial charge < -0.3 is 25.8 Å². The van der Waals surface area contributed by atoms with Gasteiger partial charge in [0.2, 0.25) is 5.91 Å². The predicted molar refractivity (Wildman–Crippen MR) is 161 cm³/mol. The van der Waals surface area contributed by atoms with Crippen molar-refractivity contribution in [3.8, 4) is 11.5 Å². The average Bonchev–Trinajstić information content (AvgIpc) is 3.04. The zero-order chi connectivity index (χ0) is 30.9. The first kappa shape index (κ1) is 30.2. The topological polar surface area (TPSA) is 137 Å². The monoisotopic (exact) mass is 581 g/mol. The largest absolute Gasteiger partial charge is 0.497 e. The second-order valence-electron chi connectivity index (χ2n) is 9.23. The number of carbonyl (C=O) groups excluding carboxylic acids is 2. The van der Waals surface area contributed by atoms with Gasteiger partial charge in [-0.3, -0.25) is 19.2 Å². The van der Waals surface area contributed by atoms with Crippen LogP contribution in [0, 0.1) is 5.82 Å². The van der Waals surface area contributed by atoms with Gasteiger partial charge in [0.1, 0.15) is 17.3 Å². The maximum Gasteiger partial charge on any atom is 0.272 e. The summed E-state index contributed by atoms with van der Waals surface area (Å²) in [5.41, 5.74) is 6.62. The van der Waals surface area contributed by atoms with Crippen LogP contribution in [0.3, 0.4) is 0 Å². The highest BCUT2D eigenvalue weighted by molar-refractivity contribution is 5.94. The Bertz CT molecular complexity index is 1780. The molecule has 0 fully saturated rings. The van der Waals surface area contributed by atoms with Crippen molar-refractivity contribution in [1.29, 1.82) is 0 Å². The summed E-state index contributed by atoms with van der Waals surface area (Å²) >= 11 is 0. The quantitative estimate of drug-likeness (QED) is 0.218. The number of carbonyl (C=O) groups is 2. The van der Waals surface area contributed by atoms with Crippen LogP contribution in [-0.2, 0) is 0 Å². The summed E-state index contributed by atoms with van der Waals surface area (Å²) in [6.07, 6.45) is 0. The van der Waals surface area contributed by atoms with Gasteiger partial charge in [-0.25, -0.2) is 4.39 Å². The molecule has 10 heteroatoms. The average molecular weight is 582 g/mol. The van der Waals surface area contributed by atoms with Crippen LogP contribution in [-0.4, -0.2) is 26.0 Å². The molecular formula is C33H28FN3O6. The van der Waals surface area contributed by atoms with E-state index < -0.39 is 22.7 Å². The molecule has 9 nitrogen and oxygen atoms in total. The highest BCUT2D eigenvalue weighted by Crippen LogP contribution is 2.29. The Morgan fingerprint density at radius 1 is 0.744 bits per heavy atom. The standard InChI is InChI=1S/C26H21FN2O5.C7H7NO/c1-33-20-12-8-15(9-13-20)21(29-26(32)16-6-10-18(27)11-7-16)17-4-3-5-19(14-17)28-22-23(30)24(31)25(22)34-2;8-7(9)6-4-2-1-3-5-6/h3-14,21,28H,1-2H3,(H,29,32);1-5H,(H2,8,9). The number of amides is 2. The fourth-order valence-electron chi connectivity index (χ4n) is 4.19. The highest BCUT2D eigenvalue weighted by atomic mass is 19.1. The second kappa shape index (κ2) is 13.7. The van der Waals surface area contributed by atoms with Crippen molar-refractivity contribution in [1.82, 2.24) is 5.32 Å². The molecule has 5 rings (SSSR count). The molecule has 0 aliphatic carbocycles. The van der Waals surface area contributed by atoms with Gasteiger partial charge in [-0.15, -0.1) is 0 Å². The number of methoxy groups -OCH3 is 2. The lowest BCUT2D eigenvalue weighted by Crippen LogP contribution is -2.34. The van der Waals surface area contributed by atoms with Gasteiger partial charge >= 0.3 is 0 Å². The third kappa shape index (κ3) is 7.31. The molecule has 2 amide bonds. The SMILES string of the molecule is COc1ccc(C(NC(=O)c2ccc(F)cc2)c2cccc(Nc3c(OC)c(=O)c3=O)c2)cc1.NC(=O)c1ccccc1. The molecule has 5 aromatic rings. The van der Waals surface area contributed by atoms with E-state index in [1.165, 1.54) is 31.4 Å². The number of rotatable bonds is 9. The summed E-state index contributed by atoms with van der Waals surface area (Å²) in [7, 11) is 2.88. The van der Waals surface area contributed by atoms with Crippen LogP contribution in [0.15, 0.2) is 113 Å². The van der Waals surface area contributed by atoms with Crippen LogP contribution in [0.25, 0.3) is 0 Å². The van der Waals surface area contributed by atoms with Crippen molar-refractivity contribution in [3.63, 3.8) is 0 Å². The van der Waals surface area contributed by atoms with E-state index in [1.54, 1.807) is 61.7 Å². The molecule has 1 unspecified atom stereocenters. The van der Waals surface area contributed by atoms with Crippen molar-refractivity contribution < 1.29 is 23.5 Å². The Morgan fingerprint density at radius 3 is 2.00 bits per heavy atom. The number of hydrogen-bond donors (Lipinski definition) is 3. The van der Waals surface area contributed by atoms with E-state index in [2.05, 4.69) is 10.6 Å². The highest BCUT2D eigenvalue weighted by Gasteiger charge is 2.23. The van der Waals surface area contributed by atoms with Crippen molar-refractivity contribution in [2.45, 2.75) is 6.04 Å². The number of nitrogens with two attached hydrogens (primary N) is 1. The normalized spacial score (nSPS) is 11.0. The molecule has 4 N–H and O–H groups in total. The minimum atomic E-state index is -0.677. The fourth-order valence-corrected chi connectivity index (χ4v) is 4.19. The fraction of sp³-hybridized carbons (Fsp3) is 0.0909. The molecule has 0 aliphatic heterocycles. The molecule has 0 spiro atoms. The Balaban J connectivity index is 0.000000403. The zero-order valence-electron chi connectivity index (χ0n) is 23.3. The van der Waals surface area contributed by atoms with Gasteiger partial charge in [-0.1, -0.05) is 42.5 Å². The van der Waals surface area contributed by atoms with E-state index >= 15 is 0 Å². The smallest absolute Gasteiger partial charge is 0.272 e. The lowest BCUT2D eigenvalue weighted by molar-refractivity contribution is 0.0941. The lowest BCUT2D eigenvalue weighted by atomic mass is 9.97. The van der Waals surface area contributed by atoms with E-state index in [0.717, 1.165) is 5.56 Å². The van der Waals surface area contributed by atoms with Crippen LogP contribution in [0.5, 0.6) is 11.5 Å². The van der Waals surface area contributed by atoms with Crippen molar-refractivity contribution >= 4 is 23.2 Å². The molecule has 0 aliphatic rings. The Labute approximate surface area is 246 Å². The maximum absolute atomic E-state index is 13.3. The van der Waals surface area contributed by atoms with E-state index in [1.807, 2.05) is 24.3 Å². The van der Waals surface area contributed by atoms with Gasteiger partial charge in [0.25, 0.3) is 16.8 Å². The first-order valence-electron chi connectivity index (χ1n) is 13.0. The van der Waals surface area contributed by atoms with Crippen LogP contribution < -0.4 is 36.7 Å². The van der Waals surface area contributed by atoms with Crippen LogP contribution in [0.1, 0.15) is 37.9 Å². The van der Waals surface area contributed by atoms with Gasteiger partial charge in [0.05, 0.1) is 20.3 Å². The molecule has 1 atom stereocenters. The van der Waals surface area contributed by atoms with Crippen molar-refractivity contribution in [3.05, 3.63) is 152 Å².